The molecule has 0 aromatic heterocycles. The SMILES string of the molecule is C[C@@H]1CN(C)CCN1CC1CCN(C(=O)CCc2ccccc2)CC1. The number of benzene rings is 1. The first-order valence-corrected chi connectivity index (χ1v) is 9.86. The normalized spacial score (nSPS) is 23.8. The summed E-state index contributed by atoms with van der Waals surface area (Å²) in [4.78, 5) is 19.6. The zero-order valence-electron chi connectivity index (χ0n) is 15.9. The molecule has 2 fully saturated rings. The van der Waals surface area contributed by atoms with E-state index in [0.29, 0.717) is 18.4 Å². The van der Waals surface area contributed by atoms with E-state index in [2.05, 4.69) is 40.8 Å². The molecule has 138 valence electrons. The molecule has 4 heteroatoms. The maximum atomic E-state index is 12.5. The van der Waals surface area contributed by atoms with E-state index >= 15 is 0 Å². The number of carbonyl (C=O) groups excluding carboxylic acids is 1. The summed E-state index contributed by atoms with van der Waals surface area (Å²) >= 11 is 0. The van der Waals surface area contributed by atoms with Crippen LogP contribution in [0.5, 0.6) is 0 Å². The number of piperazine rings is 1. The summed E-state index contributed by atoms with van der Waals surface area (Å²) in [7, 11) is 2.22. The Labute approximate surface area is 152 Å². The van der Waals surface area contributed by atoms with Gasteiger partial charge in [-0.2, -0.15) is 0 Å². The molecule has 1 amide bonds. The van der Waals surface area contributed by atoms with Gasteiger partial charge in [0.1, 0.15) is 0 Å². The largest absolute Gasteiger partial charge is 0.343 e. The van der Waals surface area contributed by atoms with Crippen molar-refractivity contribution in [2.45, 2.75) is 38.6 Å². The van der Waals surface area contributed by atoms with E-state index in [4.69, 9.17) is 0 Å². The number of nitrogens with zero attached hydrogens (tertiary/aromatic N) is 3. The molecule has 0 saturated carbocycles. The standard InChI is InChI=1S/C21H33N3O/c1-18-16-22(2)14-15-24(18)17-20-10-12-23(13-11-20)21(25)9-8-19-6-4-3-5-7-19/h3-7,18,20H,8-17H2,1-2H3/t18-/m1/s1. The van der Waals surface area contributed by atoms with Crippen LogP contribution >= 0.6 is 0 Å². The lowest BCUT2D eigenvalue weighted by molar-refractivity contribution is -0.132. The van der Waals surface area contributed by atoms with Crippen LogP contribution in [0.25, 0.3) is 0 Å². The van der Waals surface area contributed by atoms with Crippen LogP contribution in [-0.4, -0.2) is 73.0 Å². The molecule has 0 spiro atoms. The van der Waals surface area contributed by atoms with Crippen molar-refractivity contribution in [1.82, 2.24) is 14.7 Å². The van der Waals surface area contributed by atoms with Gasteiger partial charge in [0.25, 0.3) is 0 Å². The highest BCUT2D eigenvalue weighted by molar-refractivity contribution is 5.76. The van der Waals surface area contributed by atoms with E-state index in [1.165, 1.54) is 31.7 Å². The molecule has 25 heavy (non-hydrogen) atoms. The van der Waals surface area contributed by atoms with Crippen molar-refractivity contribution in [3.8, 4) is 0 Å². The summed E-state index contributed by atoms with van der Waals surface area (Å²) in [6.45, 7) is 8.99. The van der Waals surface area contributed by atoms with Gasteiger partial charge >= 0.3 is 0 Å². The molecule has 2 heterocycles. The second-order valence-corrected chi connectivity index (χ2v) is 7.92. The summed E-state index contributed by atoms with van der Waals surface area (Å²) < 4.78 is 0. The molecule has 0 unspecified atom stereocenters. The summed E-state index contributed by atoms with van der Waals surface area (Å²) in [6, 6.07) is 11.0. The Balaban J connectivity index is 1.38. The van der Waals surface area contributed by atoms with E-state index in [-0.39, 0.29) is 0 Å². The first-order chi connectivity index (χ1) is 12.1. The number of piperidine rings is 1. The van der Waals surface area contributed by atoms with E-state index in [0.717, 1.165) is 38.3 Å². The molecule has 0 N–H and O–H groups in total. The van der Waals surface area contributed by atoms with Crippen LogP contribution in [0, 0.1) is 5.92 Å². The zero-order chi connectivity index (χ0) is 17.6. The van der Waals surface area contributed by atoms with Crippen molar-refractivity contribution >= 4 is 5.91 Å². The maximum Gasteiger partial charge on any atom is 0.222 e. The number of carbonyl (C=O) groups is 1. The fraction of sp³-hybridized carbons (Fsp3) is 0.667. The first-order valence-electron chi connectivity index (χ1n) is 9.86. The van der Waals surface area contributed by atoms with Crippen LogP contribution in [0.1, 0.15) is 31.7 Å². The second kappa shape index (κ2) is 8.81. The Bertz CT molecular complexity index is 539. The molecular weight excluding hydrogens is 310 g/mol. The molecule has 1 aromatic rings. The number of amides is 1. The lowest BCUT2D eigenvalue weighted by Gasteiger charge is -2.41. The Kier molecular flexibility index (Phi) is 6.49. The first kappa shape index (κ1) is 18.4. The second-order valence-electron chi connectivity index (χ2n) is 7.92. The molecule has 1 aromatic carbocycles. The van der Waals surface area contributed by atoms with E-state index in [9.17, 15) is 4.79 Å². The molecule has 4 nitrogen and oxygen atoms in total. The topological polar surface area (TPSA) is 26.8 Å². The molecule has 0 radical (unpaired) electrons. The lowest BCUT2D eigenvalue weighted by Crippen LogP contribution is -2.52. The van der Waals surface area contributed by atoms with Crippen molar-refractivity contribution in [3.63, 3.8) is 0 Å². The van der Waals surface area contributed by atoms with Crippen LogP contribution in [-0.2, 0) is 11.2 Å². The van der Waals surface area contributed by atoms with Gasteiger partial charge in [0.15, 0.2) is 0 Å². The minimum Gasteiger partial charge on any atom is -0.343 e. The predicted octanol–water partition coefficient (Wildman–Crippen LogP) is 2.49. The molecular formula is C21H33N3O. The maximum absolute atomic E-state index is 12.5. The monoisotopic (exact) mass is 343 g/mol. The van der Waals surface area contributed by atoms with Crippen LogP contribution < -0.4 is 0 Å². The van der Waals surface area contributed by atoms with E-state index in [1.807, 2.05) is 18.2 Å². The Hall–Kier alpha value is -1.39. The highest BCUT2D eigenvalue weighted by Crippen LogP contribution is 2.21. The highest BCUT2D eigenvalue weighted by atomic mass is 16.2. The molecule has 0 bridgehead atoms. The number of aryl methyl sites for hydroxylation is 1. The Morgan fingerprint density at radius 3 is 2.48 bits per heavy atom. The quantitative estimate of drug-likeness (QED) is 0.822. The van der Waals surface area contributed by atoms with Crippen LogP contribution in [0.3, 0.4) is 0 Å². The van der Waals surface area contributed by atoms with Gasteiger partial charge in [-0.15, -0.1) is 0 Å². The van der Waals surface area contributed by atoms with Gasteiger partial charge in [-0.3, -0.25) is 9.69 Å². The van der Waals surface area contributed by atoms with Gasteiger partial charge in [-0.05, 0) is 44.7 Å². The van der Waals surface area contributed by atoms with Crippen molar-refractivity contribution in [3.05, 3.63) is 35.9 Å². The summed E-state index contributed by atoms with van der Waals surface area (Å²) in [6.07, 6.45) is 3.83. The highest BCUT2D eigenvalue weighted by Gasteiger charge is 2.27. The molecule has 3 rings (SSSR count). The van der Waals surface area contributed by atoms with E-state index < -0.39 is 0 Å². The van der Waals surface area contributed by atoms with Crippen LogP contribution in [0.15, 0.2) is 30.3 Å². The lowest BCUT2D eigenvalue weighted by atomic mass is 9.94. The Morgan fingerprint density at radius 2 is 1.80 bits per heavy atom. The number of hydrogen-bond donors (Lipinski definition) is 0. The van der Waals surface area contributed by atoms with E-state index in [1.54, 1.807) is 0 Å². The Morgan fingerprint density at radius 1 is 1.08 bits per heavy atom. The third-order valence-electron chi connectivity index (χ3n) is 5.90. The predicted molar refractivity (Wildman–Crippen MR) is 103 cm³/mol. The number of rotatable bonds is 5. The summed E-state index contributed by atoms with van der Waals surface area (Å²) in [5.74, 6) is 1.08. The smallest absolute Gasteiger partial charge is 0.222 e. The molecule has 2 aliphatic heterocycles. The zero-order valence-corrected chi connectivity index (χ0v) is 15.9. The molecule has 0 aliphatic carbocycles. The fourth-order valence-electron chi connectivity index (χ4n) is 4.20. The summed E-state index contributed by atoms with van der Waals surface area (Å²) in [5.41, 5.74) is 1.26. The number of likely N-dealkylation sites (tertiary alicyclic amines) is 1. The molecule has 1 atom stereocenters. The van der Waals surface area contributed by atoms with Gasteiger partial charge in [-0.1, -0.05) is 30.3 Å². The molecule has 2 saturated heterocycles. The van der Waals surface area contributed by atoms with Gasteiger partial charge in [0, 0.05) is 51.7 Å². The minimum atomic E-state index is 0.329. The number of likely N-dealkylation sites (N-methyl/N-ethyl adjacent to an activating group) is 1. The number of hydrogen-bond acceptors (Lipinski definition) is 3. The van der Waals surface area contributed by atoms with Gasteiger partial charge in [0.2, 0.25) is 5.91 Å². The van der Waals surface area contributed by atoms with Gasteiger partial charge in [-0.25, -0.2) is 0 Å². The van der Waals surface area contributed by atoms with Crippen molar-refractivity contribution < 1.29 is 4.79 Å². The third kappa shape index (κ3) is 5.29. The average Bonchev–Trinajstić information content (AvgIpc) is 2.63. The third-order valence-corrected chi connectivity index (χ3v) is 5.90. The molecule has 2 aliphatic rings. The van der Waals surface area contributed by atoms with Gasteiger partial charge < -0.3 is 9.80 Å². The minimum absolute atomic E-state index is 0.329. The van der Waals surface area contributed by atoms with Crippen molar-refractivity contribution in [2.75, 3.05) is 46.3 Å². The van der Waals surface area contributed by atoms with Crippen LogP contribution in [0.4, 0.5) is 0 Å². The average molecular weight is 344 g/mol. The van der Waals surface area contributed by atoms with Crippen molar-refractivity contribution in [2.24, 2.45) is 5.92 Å². The van der Waals surface area contributed by atoms with Crippen molar-refractivity contribution in [1.29, 1.82) is 0 Å². The fourth-order valence-corrected chi connectivity index (χ4v) is 4.20. The van der Waals surface area contributed by atoms with Crippen LogP contribution in [0.2, 0.25) is 0 Å². The summed E-state index contributed by atoms with van der Waals surface area (Å²) in [5, 5.41) is 0. The van der Waals surface area contributed by atoms with Gasteiger partial charge in [0.05, 0.1) is 0 Å².